The van der Waals surface area contributed by atoms with Crippen molar-refractivity contribution in [2.45, 2.75) is 6.42 Å². The topological polar surface area (TPSA) is 89.5 Å². The number of benzene rings is 1. The fraction of sp³-hybridized carbons (Fsp3) is 0.364. The maximum Gasteiger partial charge on any atom is 0.295 e. The van der Waals surface area contributed by atoms with Gasteiger partial charge in [0, 0.05) is 30.0 Å². The standard InChI is InChI=1S/C11H12BrN3O3/c12-5-7-3-11(16)14(6-7)9-2-1-8(13)4-10(9)15(17)18/h1-2,4,7H,3,5-6,13H2. The summed E-state index contributed by atoms with van der Waals surface area (Å²) in [6.07, 6.45) is 0.410. The first kappa shape index (κ1) is 12.8. The number of carbonyl (C=O) groups excluding carboxylic acids is 1. The number of amides is 1. The molecule has 1 heterocycles. The first-order chi connectivity index (χ1) is 8.52. The van der Waals surface area contributed by atoms with Gasteiger partial charge in [-0.05, 0) is 18.1 Å². The van der Waals surface area contributed by atoms with Crippen LogP contribution in [0.25, 0.3) is 0 Å². The van der Waals surface area contributed by atoms with E-state index in [1.807, 2.05) is 0 Å². The number of nitro benzene ring substituents is 1. The normalized spacial score (nSPS) is 19.3. The minimum atomic E-state index is -0.513. The van der Waals surface area contributed by atoms with Gasteiger partial charge in [-0.15, -0.1) is 0 Å². The Morgan fingerprint density at radius 2 is 2.28 bits per heavy atom. The van der Waals surface area contributed by atoms with Crippen LogP contribution < -0.4 is 10.6 Å². The highest BCUT2D eigenvalue weighted by atomic mass is 79.9. The number of rotatable bonds is 3. The number of alkyl halides is 1. The summed E-state index contributed by atoms with van der Waals surface area (Å²) in [6.45, 7) is 0.495. The first-order valence-electron chi connectivity index (χ1n) is 5.43. The lowest BCUT2D eigenvalue weighted by atomic mass is 10.2. The molecule has 0 spiro atoms. The van der Waals surface area contributed by atoms with Gasteiger partial charge in [-0.2, -0.15) is 0 Å². The number of anilines is 2. The van der Waals surface area contributed by atoms with E-state index in [-0.39, 0.29) is 17.5 Å². The molecule has 18 heavy (non-hydrogen) atoms. The Morgan fingerprint density at radius 3 is 2.83 bits per heavy atom. The van der Waals surface area contributed by atoms with Crippen LogP contribution in [0.5, 0.6) is 0 Å². The SMILES string of the molecule is Nc1ccc(N2CC(CBr)CC2=O)c([N+](=O)[O-])c1. The van der Waals surface area contributed by atoms with E-state index in [0.29, 0.717) is 29.7 Å². The minimum Gasteiger partial charge on any atom is -0.399 e. The van der Waals surface area contributed by atoms with Crippen molar-refractivity contribution >= 4 is 38.9 Å². The van der Waals surface area contributed by atoms with E-state index in [9.17, 15) is 14.9 Å². The fourth-order valence-corrected chi connectivity index (χ4v) is 2.47. The van der Waals surface area contributed by atoms with Crippen LogP contribution in [-0.4, -0.2) is 22.7 Å². The van der Waals surface area contributed by atoms with Gasteiger partial charge in [-0.25, -0.2) is 0 Å². The Hall–Kier alpha value is -1.63. The maximum absolute atomic E-state index is 11.9. The molecular weight excluding hydrogens is 302 g/mol. The molecule has 1 amide bonds. The summed E-state index contributed by atoms with van der Waals surface area (Å²) in [5, 5.41) is 11.7. The van der Waals surface area contributed by atoms with Crippen molar-refractivity contribution in [2.24, 2.45) is 5.92 Å². The lowest BCUT2D eigenvalue weighted by Crippen LogP contribution is -2.25. The maximum atomic E-state index is 11.9. The Labute approximate surface area is 112 Å². The lowest BCUT2D eigenvalue weighted by Gasteiger charge is -2.16. The monoisotopic (exact) mass is 313 g/mol. The molecule has 1 saturated heterocycles. The molecule has 1 unspecified atom stereocenters. The highest BCUT2D eigenvalue weighted by Crippen LogP contribution is 2.34. The van der Waals surface area contributed by atoms with Crippen molar-refractivity contribution in [1.82, 2.24) is 0 Å². The summed E-state index contributed by atoms with van der Waals surface area (Å²) in [5.41, 5.74) is 6.05. The van der Waals surface area contributed by atoms with E-state index in [4.69, 9.17) is 5.73 Å². The van der Waals surface area contributed by atoms with Crippen LogP contribution in [0.2, 0.25) is 0 Å². The molecule has 2 N–H and O–H groups in total. The molecule has 1 atom stereocenters. The zero-order valence-corrected chi connectivity index (χ0v) is 11.1. The van der Waals surface area contributed by atoms with Crippen LogP contribution in [0.3, 0.4) is 0 Å². The first-order valence-corrected chi connectivity index (χ1v) is 6.55. The molecule has 1 aromatic rings. The van der Waals surface area contributed by atoms with E-state index in [1.54, 1.807) is 6.07 Å². The van der Waals surface area contributed by atoms with Crippen molar-refractivity contribution in [1.29, 1.82) is 0 Å². The van der Waals surface area contributed by atoms with Gasteiger partial charge in [0.2, 0.25) is 5.91 Å². The number of hydrogen-bond donors (Lipinski definition) is 1. The summed E-state index contributed by atoms with van der Waals surface area (Å²) in [5.74, 6) is 0.0991. The van der Waals surface area contributed by atoms with Crippen LogP contribution in [0, 0.1) is 16.0 Å². The van der Waals surface area contributed by atoms with Crippen molar-refractivity contribution in [3.8, 4) is 0 Å². The summed E-state index contributed by atoms with van der Waals surface area (Å²) < 4.78 is 0. The number of nitrogens with zero attached hydrogens (tertiary/aromatic N) is 2. The molecule has 1 aliphatic rings. The second kappa shape index (κ2) is 4.93. The number of nitro groups is 1. The molecule has 6 nitrogen and oxygen atoms in total. The molecule has 0 aromatic heterocycles. The molecule has 0 radical (unpaired) electrons. The van der Waals surface area contributed by atoms with Crippen molar-refractivity contribution in [3.05, 3.63) is 28.3 Å². The number of nitrogen functional groups attached to an aromatic ring is 1. The summed E-state index contributed by atoms with van der Waals surface area (Å²) in [7, 11) is 0. The largest absolute Gasteiger partial charge is 0.399 e. The number of halogens is 1. The number of hydrogen-bond acceptors (Lipinski definition) is 4. The van der Waals surface area contributed by atoms with Gasteiger partial charge >= 0.3 is 0 Å². The number of nitrogens with two attached hydrogens (primary N) is 1. The van der Waals surface area contributed by atoms with Gasteiger partial charge in [-0.1, -0.05) is 15.9 Å². The third-order valence-electron chi connectivity index (χ3n) is 2.91. The summed E-state index contributed by atoms with van der Waals surface area (Å²) in [4.78, 5) is 23.8. The molecule has 1 aliphatic heterocycles. The summed E-state index contributed by atoms with van der Waals surface area (Å²) in [6, 6.07) is 4.38. The Balaban J connectivity index is 2.39. The molecule has 2 rings (SSSR count). The Bertz CT molecular complexity index is 506. The predicted molar refractivity (Wildman–Crippen MR) is 71.8 cm³/mol. The molecule has 1 fully saturated rings. The van der Waals surface area contributed by atoms with Crippen LogP contribution in [0.15, 0.2) is 18.2 Å². The molecule has 0 saturated carbocycles. The minimum absolute atomic E-state index is 0.0904. The van der Waals surface area contributed by atoms with Gasteiger partial charge in [0.05, 0.1) is 4.92 Å². The van der Waals surface area contributed by atoms with E-state index in [1.165, 1.54) is 17.0 Å². The average molecular weight is 314 g/mol. The molecule has 96 valence electrons. The van der Waals surface area contributed by atoms with E-state index < -0.39 is 4.92 Å². The average Bonchev–Trinajstić information content (AvgIpc) is 2.70. The molecule has 7 heteroatoms. The lowest BCUT2D eigenvalue weighted by molar-refractivity contribution is -0.384. The van der Waals surface area contributed by atoms with E-state index in [0.717, 1.165) is 0 Å². The highest BCUT2D eigenvalue weighted by molar-refractivity contribution is 9.09. The van der Waals surface area contributed by atoms with Gasteiger partial charge in [-0.3, -0.25) is 14.9 Å². The molecule has 1 aromatic carbocycles. The second-order valence-corrected chi connectivity index (χ2v) is 4.88. The third-order valence-corrected chi connectivity index (χ3v) is 3.83. The second-order valence-electron chi connectivity index (χ2n) is 4.23. The van der Waals surface area contributed by atoms with Crippen LogP contribution in [0.4, 0.5) is 17.1 Å². The van der Waals surface area contributed by atoms with E-state index >= 15 is 0 Å². The van der Waals surface area contributed by atoms with Gasteiger partial charge in [0.1, 0.15) is 5.69 Å². The quantitative estimate of drug-likeness (QED) is 0.399. The zero-order valence-electron chi connectivity index (χ0n) is 9.51. The highest BCUT2D eigenvalue weighted by Gasteiger charge is 2.33. The molecule has 0 bridgehead atoms. The Kier molecular flexibility index (Phi) is 3.51. The molecular formula is C11H12BrN3O3. The van der Waals surface area contributed by atoms with Gasteiger partial charge in [0.25, 0.3) is 5.69 Å². The van der Waals surface area contributed by atoms with Crippen molar-refractivity contribution < 1.29 is 9.72 Å². The third kappa shape index (κ3) is 2.31. The molecule has 0 aliphatic carbocycles. The zero-order chi connectivity index (χ0) is 13.3. The number of carbonyl (C=O) groups is 1. The van der Waals surface area contributed by atoms with Gasteiger partial charge < -0.3 is 10.6 Å². The van der Waals surface area contributed by atoms with Crippen LogP contribution in [0.1, 0.15) is 6.42 Å². The van der Waals surface area contributed by atoms with Crippen molar-refractivity contribution in [2.75, 3.05) is 22.5 Å². The van der Waals surface area contributed by atoms with Crippen LogP contribution in [-0.2, 0) is 4.79 Å². The summed E-state index contributed by atoms with van der Waals surface area (Å²) >= 11 is 3.33. The Morgan fingerprint density at radius 1 is 1.56 bits per heavy atom. The predicted octanol–water partition coefficient (Wildman–Crippen LogP) is 1.92. The smallest absolute Gasteiger partial charge is 0.295 e. The fourth-order valence-electron chi connectivity index (χ4n) is 2.03. The van der Waals surface area contributed by atoms with E-state index in [2.05, 4.69) is 15.9 Å². The van der Waals surface area contributed by atoms with Crippen molar-refractivity contribution in [3.63, 3.8) is 0 Å². The van der Waals surface area contributed by atoms with Gasteiger partial charge in [0.15, 0.2) is 0 Å². The van der Waals surface area contributed by atoms with Crippen LogP contribution >= 0.6 is 15.9 Å².